The number of hydrogen-bond acceptors (Lipinski definition) is 6. The van der Waals surface area contributed by atoms with Gasteiger partial charge in [0.1, 0.15) is 0 Å². The van der Waals surface area contributed by atoms with Crippen LogP contribution in [0.4, 0.5) is 17.4 Å². The second kappa shape index (κ2) is 6.09. The summed E-state index contributed by atoms with van der Waals surface area (Å²) >= 11 is 0. The number of ether oxygens (including phenoxy) is 1. The predicted octanol–water partition coefficient (Wildman–Crippen LogP) is 3.33. The van der Waals surface area contributed by atoms with E-state index in [1.807, 2.05) is 60.7 Å². The molecule has 0 fully saturated rings. The molecule has 3 aromatic rings. The lowest BCUT2D eigenvalue weighted by Gasteiger charge is -2.20. The lowest BCUT2D eigenvalue weighted by atomic mass is 10.2. The molecule has 0 bridgehead atoms. The minimum Gasteiger partial charge on any atom is -0.462 e. The molecule has 110 valence electrons. The topological polar surface area (TPSA) is 68.5 Å². The Morgan fingerprint density at radius 1 is 0.955 bits per heavy atom. The first kappa shape index (κ1) is 13.8. The summed E-state index contributed by atoms with van der Waals surface area (Å²) in [6, 6.07) is 19.3. The molecule has 22 heavy (non-hydrogen) atoms. The molecule has 3 rings (SSSR count). The van der Waals surface area contributed by atoms with Gasteiger partial charge in [-0.25, -0.2) is 4.79 Å². The average molecular weight is 295 g/mol. The molecular weight excluding hydrogens is 282 g/mol. The largest absolute Gasteiger partial charge is 0.462 e. The Morgan fingerprint density at radius 3 is 2.00 bits per heavy atom. The van der Waals surface area contributed by atoms with E-state index in [9.17, 15) is 4.79 Å². The van der Waals surface area contributed by atoms with Crippen molar-refractivity contribution in [1.82, 2.24) is 10.2 Å². The molecule has 0 amide bonds. The van der Waals surface area contributed by atoms with Gasteiger partial charge in [-0.3, -0.25) is 4.90 Å². The van der Waals surface area contributed by atoms with E-state index in [1.165, 1.54) is 7.11 Å². The van der Waals surface area contributed by atoms with Gasteiger partial charge in [-0.05, 0) is 24.3 Å². The Hall–Kier alpha value is -3.15. The van der Waals surface area contributed by atoms with Crippen molar-refractivity contribution in [2.75, 3.05) is 12.0 Å². The smallest absolute Gasteiger partial charge is 0.396 e. The number of aromatic nitrogens is 2. The number of esters is 1. The monoisotopic (exact) mass is 295 g/mol. The molecule has 0 aliphatic carbocycles. The van der Waals surface area contributed by atoms with E-state index in [1.54, 1.807) is 4.90 Å². The third kappa shape index (κ3) is 2.67. The second-order valence-corrected chi connectivity index (χ2v) is 4.39. The van der Waals surface area contributed by atoms with Crippen LogP contribution in [0.15, 0.2) is 65.1 Å². The number of carbonyl (C=O) groups is 1. The van der Waals surface area contributed by atoms with Crippen LogP contribution < -0.4 is 4.90 Å². The molecule has 1 aromatic heterocycles. The summed E-state index contributed by atoms with van der Waals surface area (Å²) in [5, 5.41) is 7.67. The summed E-state index contributed by atoms with van der Waals surface area (Å²) < 4.78 is 10.0. The standard InChI is InChI=1S/C16H13N3O3/c1-21-15(20)14-17-18-16(22-14)19(12-8-4-2-5-9-12)13-10-6-3-7-11-13/h2-11H,1H3. The second-order valence-electron chi connectivity index (χ2n) is 4.39. The Labute approximate surface area is 127 Å². The highest BCUT2D eigenvalue weighted by Crippen LogP contribution is 2.32. The van der Waals surface area contributed by atoms with Gasteiger partial charge in [0.05, 0.1) is 18.5 Å². The number of nitrogens with zero attached hydrogens (tertiary/aromatic N) is 3. The average Bonchev–Trinajstić information content (AvgIpc) is 3.06. The summed E-state index contributed by atoms with van der Waals surface area (Å²) in [6.45, 7) is 0. The number of hydrogen-bond donors (Lipinski definition) is 0. The number of benzene rings is 2. The van der Waals surface area contributed by atoms with Crippen molar-refractivity contribution in [1.29, 1.82) is 0 Å². The molecule has 6 nitrogen and oxygen atoms in total. The van der Waals surface area contributed by atoms with Gasteiger partial charge in [0.25, 0.3) is 0 Å². The lowest BCUT2D eigenvalue weighted by Crippen LogP contribution is -2.10. The van der Waals surface area contributed by atoms with Crippen molar-refractivity contribution in [3.8, 4) is 0 Å². The lowest BCUT2D eigenvalue weighted by molar-refractivity contribution is 0.0556. The molecule has 2 aromatic carbocycles. The fourth-order valence-corrected chi connectivity index (χ4v) is 2.00. The number of anilines is 3. The Bertz CT molecular complexity index is 717. The van der Waals surface area contributed by atoms with Crippen molar-refractivity contribution in [3.63, 3.8) is 0 Å². The Balaban J connectivity index is 2.06. The van der Waals surface area contributed by atoms with E-state index in [2.05, 4.69) is 14.9 Å². The highest BCUT2D eigenvalue weighted by molar-refractivity contribution is 5.84. The summed E-state index contributed by atoms with van der Waals surface area (Å²) in [5.74, 6) is -0.853. The van der Waals surface area contributed by atoms with Gasteiger partial charge in [-0.1, -0.05) is 46.6 Å². The fraction of sp³-hybridized carbons (Fsp3) is 0.0625. The normalized spacial score (nSPS) is 10.2. The molecule has 0 saturated heterocycles. The zero-order valence-electron chi connectivity index (χ0n) is 11.8. The molecular formula is C16H13N3O3. The number of carbonyl (C=O) groups excluding carboxylic acids is 1. The molecule has 0 N–H and O–H groups in total. The summed E-state index contributed by atoms with van der Waals surface area (Å²) in [6.07, 6.45) is 0. The van der Waals surface area contributed by atoms with Gasteiger partial charge >= 0.3 is 17.9 Å². The maximum atomic E-state index is 11.5. The van der Waals surface area contributed by atoms with Gasteiger partial charge < -0.3 is 9.15 Å². The van der Waals surface area contributed by atoms with Gasteiger partial charge in [-0.15, -0.1) is 0 Å². The van der Waals surface area contributed by atoms with Gasteiger partial charge in [-0.2, -0.15) is 0 Å². The van der Waals surface area contributed by atoms with Crippen LogP contribution in [-0.4, -0.2) is 23.3 Å². The molecule has 0 unspecified atom stereocenters. The highest BCUT2D eigenvalue weighted by Gasteiger charge is 2.21. The van der Waals surface area contributed by atoms with Gasteiger partial charge in [0.15, 0.2) is 0 Å². The maximum Gasteiger partial charge on any atom is 0.396 e. The molecule has 0 aliphatic rings. The molecule has 0 radical (unpaired) electrons. The third-order valence-electron chi connectivity index (χ3n) is 2.99. The van der Waals surface area contributed by atoms with Crippen LogP contribution in [-0.2, 0) is 4.74 Å². The Morgan fingerprint density at radius 2 is 1.50 bits per heavy atom. The van der Waals surface area contributed by atoms with Crippen LogP contribution in [0.25, 0.3) is 0 Å². The van der Waals surface area contributed by atoms with E-state index in [0.29, 0.717) is 0 Å². The van der Waals surface area contributed by atoms with Crippen LogP contribution in [0.3, 0.4) is 0 Å². The fourth-order valence-electron chi connectivity index (χ4n) is 2.00. The SMILES string of the molecule is COC(=O)c1nnc(N(c2ccccc2)c2ccccc2)o1. The predicted molar refractivity (Wildman–Crippen MR) is 80.3 cm³/mol. The van der Waals surface area contributed by atoms with Crippen LogP contribution in [0.2, 0.25) is 0 Å². The maximum absolute atomic E-state index is 11.5. The minimum absolute atomic E-state index is 0.186. The van der Waals surface area contributed by atoms with E-state index in [0.717, 1.165) is 11.4 Å². The summed E-state index contributed by atoms with van der Waals surface area (Å²) in [7, 11) is 1.26. The highest BCUT2D eigenvalue weighted by atomic mass is 16.5. The van der Waals surface area contributed by atoms with E-state index in [4.69, 9.17) is 4.42 Å². The van der Waals surface area contributed by atoms with Gasteiger partial charge in [0, 0.05) is 0 Å². The summed E-state index contributed by atoms with van der Waals surface area (Å²) in [4.78, 5) is 13.2. The van der Waals surface area contributed by atoms with Gasteiger partial charge in [0.2, 0.25) is 0 Å². The first-order chi connectivity index (χ1) is 10.8. The van der Waals surface area contributed by atoms with Crippen LogP contribution >= 0.6 is 0 Å². The van der Waals surface area contributed by atoms with Crippen molar-refractivity contribution in [2.24, 2.45) is 0 Å². The first-order valence-corrected chi connectivity index (χ1v) is 6.61. The number of para-hydroxylation sites is 2. The zero-order chi connectivity index (χ0) is 15.4. The molecule has 1 heterocycles. The van der Waals surface area contributed by atoms with Crippen molar-refractivity contribution in [3.05, 3.63) is 66.6 Å². The zero-order valence-corrected chi connectivity index (χ0v) is 11.8. The first-order valence-electron chi connectivity index (χ1n) is 6.61. The number of methoxy groups -OCH3 is 1. The molecule has 0 spiro atoms. The third-order valence-corrected chi connectivity index (χ3v) is 2.99. The summed E-state index contributed by atoms with van der Waals surface area (Å²) in [5.41, 5.74) is 1.68. The molecule has 0 atom stereocenters. The molecule has 0 saturated carbocycles. The van der Waals surface area contributed by atoms with Crippen molar-refractivity contribution < 1.29 is 13.9 Å². The number of rotatable bonds is 4. The minimum atomic E-state index is -0.667. The molecule has 6 heteroatoms. The Kier molecular flexibility index (Phi) is 3.82. The van der Waals surface area contributed by atoms with E-state index >= 15 is 0 Å². The van der Waals surface area contributed by atoms with Crippen LogP contribution in [0.1, 0.15) is 10.7 Å². The van der Waals surface area contributed by atoms with Crippen LogP contribution in [0, 0.1) is 0 Å². The molecule has 0 aliphatic heterocycles. The quantitative estimate of drug-likeness (QED) is 0.688. The van der Waals surface area contributed by atoms with E-state index < -0.39 is 5.97 Å². The van der Waals surface area contributed by atoms with Crippen molar-refractivity contribution in [2.45, 2.75) is 0 Å². The van der Waals surface area contributed by atoms with Crippen LogP contribution in [0.5, 0.6) is 0 Å². The van der Waals surface area contributed by atoms with Crippen molar-refractivity contribution >= 4 is 23.4 Å². The van der Waals surface area contributed by atoms with E-state index in [-0.39, 0.29) is 11.9 Å².